The van der Waals surface area contributed by atoms with Gasteiger partial charge in [0.2, 0.25) is 0 Å². The average Bonchev–Trinajstić information content (AvgIpc) is 2.41. The van der Waals surface area contributed by atoms with Crippen molar-refractivity contribution in [2.24, 2.45) is 0 Å². The van der Waals surface area contributed by atoms with Crippen molar-refractivity contribution in [2.75, 3.05) is 59.5 Å². The first kappa shape index (κ1) is 13.3. The fraction of sp³-hybridized carbons (Fsp3) is 1.00. The van der Waals surface area contributed by atoms with Crippen molar-refractivity contribution in [2.45, 2.75) is 25.3 Å². The smallest absolute Gasteiger partial charge is 0.0474 e. The molecule has 2 heterocycles. The van der Waals surface area contributed by atoms with E-state index in [0.717, 1.165) is 12.6 Å². The zero-order chi connectivity index (χ0) is 11.9. The van der Waals surface area contributed by atoms with Crippen LogP contribution in [-0.4, -0.2) is 75.4 Å². The van der Waals surface area contributed by atoms with Crippen LogP contribution in [0, 0.1) is 0 Å². The summed E-state index contributed by atoms with van der Waals surface area (Å²) in [5.41, 5.74) is 0. The number of nitrogens with one attached hydrogen (secondary N) is 1. The molecule has 0 amide bonds. The number of nitrogens with zero attached hydrogens (tertiary/aromatic N) is 2. The summed E-state index contributed by atoms with van der Waals surface area (Å²) in [4.78, 5) is 5.28. The minimum absolute atomic E-state index is 0.843. The van der Waals surface area contributed by atoms with Crippen LogP contribution in [0.15, 0.2) is 0 Å². The molecule has 4 nitrogen and oxygen atoms in total. The van der Waals surface area contributed by atoms with Gasteiger partial charge in [0, 0.05) is 52.5 Å². The molecule has 2 aliphatic heterocycles. The summed E-state index contributed by atoms with van der Waals surface area (Å²) in [6.45, 7) is 9.50. The molecule has 2 fully saturated rings. The summed E-state index contributed by atoms with van der Waals surface area (Å²) < 4.78 is 5.11. The van der Waals surface area contributed by atoms with E-state index in [-0.39, 0.29) is 0 Å². The lowest BCUT2D eigenvalue weighted by Crippen LogP contribution is -2.52. The number of piperidine rings is 1. The Morgan fingerprint density at radius 2 is 1.82 bits per heavy atom. The molecule has 2 aliphatic rings. The highest BCUT2D eigenvalue weighted by Gasteiger charge is 2.24. The van der Waals surface area contributed by atoms with Gasteiger partial charge in [0.15, 0.2) is 0 Å². The monoisotopic (exact) mass is 241 g/mol. The first-order chi connectivity index (χ1) is 8.40. The zero-order valence-corrected chi connectivity index (χ0v) is 11.2. The van der Waals surface area contributed by atoms with E-state index in [1.54, 1.807) is 7.11 Å². The Balaban J connectivity index is 1.63. The van der Waals surface area contributed by atoms with Crippen molar-refractivity contribution in [1.82, 2.24) is 15.1 Å². The van der Waals surface area contributed by atoms with Crippen LogP contribution in [0.25, 0.3) is 0 Å². The molecule has 0 saturated carbocycles. The molecule has 0 spiro atoms. The average molecular weight is 241 g/mol. The van der Waals surface area contributed by atoms with Gasteiger partial charge in [-0.25, -0.2) is 0 Å². The highest BCUT2D eigenvalue weighted by molar-refractivity contribution is 4.82. The SMILES string of the molecule is COCCCN1CCC(N2CCNCC2)CC1. The summed E-state index contributed by atoms with van der Waals surface area (Å²) in [5.74, 6) is 0. The maximum absolute atomic E-state index is 5.11. The molecule has 17 heavy (non-hydrogen) atoms. The lowest BCUT2D eigenvalue weighted by Gasteiger charge is -2.40. The van der Waals surface area contributed by atoms with Crippen LogP contribution in [0.2, 0.25) is 0 Å². The lowest BCUT2D eigenvalue weighted by molar-refractivity contribution is 0.0916. The molecular weight excluding hydrogens is 214 g/mol. The number of hydrogen-bond acceptors (Lipinski definition) is 4. The maximum Gasteiger partial charge on any atom is 0.0474 e. The second-order valence-corrected chi connectivity index (χ2v) is 5.21. The number of methoxy groups -OCH3 is 1. The van der Waals surface area contributed by atoms with E-state index in [4.69, 9.17) is 4.74 Å². The fourth-order valence-electron chi connectivity index (χ4n) is 2.99. The minimum atomic E-state index is 0.843. The standard InChI is InChI=1S/C13H27N3O/c1-17-12-2-7-15-8-3-13(4-9-15)16-10-5-14-6-11-16/h13-14H,2-12H2,1H3. The minimum Gasteiger partial charge on any atom is -0.385 e. The van der Waals surface area contributed by atoms with Gasteiger partial charge in [-0.15, -0.1) is 0 Å². The van der Waals surface area contributed by atoms with E-state index in [1.807, 2.05) is 0 Å². The van der Waals surface area contributed by atoms with Crippen LogP contribution >= 0.6 is 0 Å². The second-order valence-electron chi connectivity index (χ2n) is 5.21. The highest BCUT2D eigenvalue weighted by atomic mass is 16.5. The Morgan fingerprint density at radius 3 is 2.47 bits per heavy atom. The zero-order valence-electron chi connectivity index (χ0n) is 11.2. The van der Waals surface area contributed by atoms with E-state index in [0.29, 0.717) is 0 Å². The van der Waals surface area contributed by atoms with Crippen molar-refractivity contribution in [3.63, 3.8) is 0 Å². The largest absolute Gasteiger partial charge is 0.385 e. The molecule has 0 aromatic rings. The third-order valence-corrected chi connectivity index (χ3v) is 4.05. The number of ether oxygens (including phenoxy) is 1. The predicted molar refractivity (Wildman–Crippen MR) is 70.4 cm³/mol. The number of piperazine rings is 1. The molecular formula is C13H27N3O. The van der Waals surface area contributed by atoms with Gasteiger partial charge in [-0.05, 0) is 32.4 Å². The van der Waals surface area contributed by atoms with E-state index in [1.165, 1.54) is 65.1 Å². The molecule has 0 unspecified atom stereocenters. The highest BCUT2D eigenvalue weighted by Crippen LogP contribution is 2.17. The molecule has 1 N–H and O–H groups in total. The predicted octanol–water partition coefficient (Wildman–Crippen LogP) is 0.393. The van der Waals surface area contributed by atoms with Crippen LogP contribution in [0.4, 0.5) is 0 Å². The Kier molecular flexibility index (Phi) is 5.71. The topological polar surface area (TPSA) is 27.7 Å². The molecule has 0 aromatic carbocycles. The molecule has 2 rings (SSSR count). The molecule has 0 aromatic heterocycles. The van der Waals surface area contributed by atoms with Crippen LogP contribution < -0.4 is 5.32 Å². The van der Waals surface area contributed by atoms with Crippen LogP contribution in [0.1, 0.15) is 19.3 Å². The van der Waals surface area contributed by atoms with Crippen molar-refractivity contribution in [3.8, 4) is 0 Å². The Labute approximate surface area is 105 Å². The van der Waals surface area contributed by atoms with Crippen LogP contribution in [0.5, 0.6) is 0 Å². The van der Waals surface area contributed by atoms with Gasteiger partial charge >= 0.3 is 0 Å². The fourth-order valence-corrected chi connectivity index (χ4v) is 2.99. The third-order valence-electron chi connectivity index (χ3n) is 4.05. The molecule has 0 bridgehead atoms. The number of likely N-dealkylation sites (tertiary alicyclic amines) is 1. The molecule has 0 radical (unpaired) electrons. The third kappa shape index (κ3) is 4.21. The second kappa shape index (κ2) is 7.31. The first-order valence-corrected chi connectivity index (χ1v) is 7.06. The van der Waals surface area contributed by atoms with E-state index in [9.17, 15) is 0 Å². The van der Waals surface area contributed by atoms with Crippen LogP contribution in [-0.2, 0) is 4.74 Å². The van der Waals surface area contributed by atoms with Crippen molar-refractivity contribution >= 4 is 0 Å². The Hall–Kier alpha value is -0.160. The molecule has 0 aliphatic carbocycles. The first-order valence-electron chi connectivity index (χ1n) is 7.06. The number of rotatable bonds is 5. The van der Waals surface area contributed by atoms with E-state index in [2.05, 4.69) is 15.1 Å². The van der Waals surface area contributed by atoms with Gasteiger partial charge in [-0.2, -0.15) is 0 Å². The van der Waals surface area contributed by atoms with Gasteiger partial charge < -0.3 is 15.0 Å². The quantitative estimate of drug-likeness (QED) is 0.705. The van der Waals surface area contributed by atoms with Gasteiger partial charge in [-0.1, -0.05) is 0 Å². The lowest BCUT2D eigenvalue weighted by atomic mass is 10.0. The molecule has 100 valence electrons. The summed E-state index contributed by atoms with van der Waals surface area (Å²) in [6.07, 6.45) is 3.88. The van der Waals surface area contributed by atoms with Crippen molar-refractivity contribution in [1.29, 1.82) is 0 Å². The Bertz CT molecular complexity index is 199. The van der Waals surface area contributed by atoms with Crippen molar-refractivity contribution in [3.05, 3.63) is 0 Å². The van der Waals surface area contributed by atoms with Crippen LogP contribution in [0.3, 0.4) is 0 Å². The van der Waals surface area contributed by atoms with E-state index < -0.39 is 0 Å². The number of hydrogen-bond donors (Lipinski definition) is 1. The molecule has 2 saturated heterocycles. The van der Waals surface area contributed by atoms with Gasteiger partial charge in [0.05, 0.1) is 0 Å². The van der Waals surface area contributed by atoms with Crippen molar-refractivity contribution < 1.29 is 4.74 Å². The normalized spacial score (nSPS) is 25.2. The van der Waals surface area contributed by atoms with Gasteiger partial charge in [0.25, 0.3) is 0 Å². The summed E-state index contributed by atoms with van der Waals surface area (Å²) in [6, 6.07) is 0.843. The summed E-state index contributed by atoms with van der Waals surface area (Å²) in [5, 5.41) is 3.43. The molecule has 4 heteroatoms. The van der Waals surface area contributed by atoms with Gasteiger partial charge in [0.1, 0.15) is 0 Å². The van der Waals surface area contributed by atoms with E-state index >= 15 is 0 Å². The van der Waals surface area contributed by atoms with Gasteiger partial charge in [-0.3, -0.25) is 4.90 Å². The Morgan fingerprint density at radius 1 is 1.12 bits per heavy atom. The molecule has 0 atom stereocenters. The summed E-state index contributed by atoms with van der Waals surface area (Å²) in [7, 11) is 1.79. The summed E-state index contributed by atoms with van der Waals surface area (Å²) >= 11 is 0. The maximum atomic E-state index is 5.11.